The molecule has 0 bridgehead atoms. The molecule has 2 aromatic heterocycles. The zero-order valence-electron chi connectivity index (χ0n) is 10.4. The van der Waals surface area contributed by atoms with E-state index in [4.69, 9.17) is 4.74 Å². The maximum absolute atomic E-state index is 5.10. The molecule has 3 rings (SSSR count). The molecule has 6 heteroatoms. The molecule has 1 aliphatic rings. The summed E-state index contributed by atoms with van der Waals surface area (Å²) in [5, 5.41) is 11.8. The van der Waals surface area contributed by atoms with Crippen molar-refractivity contribution < 1.29 is 4.74 Å². The van der Waals surface area contributed by atoms with Crippen molar-refractivity contribution in [1.29, 1.82) is 0 Å². The summed E-state index contributed by atoms with van der Waals surface area (Å²) in [7, 11) is 1.63. The lowest BCUT2D eigenvalue weighted by Crippen LogP contribution is -2.36. The number of nitrogens with one attached hydrogen (secondary N) is 1. The fourth-order valence-electron chi connectivity index (χ4n) is 2.08. The topological polar surface area (TPSA) is 64.9 Å². The minimum atomic E-state index is 0.422. The Balaban J connectivity index is 1.98. The number of aromatic nitrogens is 4. The third-order valence-electron chi connectivity index (χ3n) is 3.09. The molecule has 3 heterocycles. The van der Waals surface area contributed by atoms with Crippen molar-refractivity contribution in [3.8, 4) is 17.3 Å². The highest BCUT2D eigenvalue weighted by Gasteiger charge is 2.20. The molecule has 94 valence electrons. The van der Waals surface area contributed by atoms with E-state index in [0.717, 1.165) is 36.2 Å². The molecule has 2 aromatic rings. The zero-order chi connectivity index (χ0) is 12.5. The standard InChI is InChI=1S/C12H15N5O/c1-8-7-17-11(6-13-8)15-16-12(17)10-4-3-9(18-2)5-14-10/h3-5,8,13H,6-7H2,1-2H3. The third kappa shape index (κ3) is 1.84. The van der Waals surface area contributed by atoms with E-state index in [-0.39, 0.29) is 0 Å². The lowest BCUT2D eigenvalue weighted by atomic mass is 10.2. The van der Waals surface area contributed by atoms with Gasteiger partial charge in [0.05, 0.1) is 19.9 Å². The van der Waals surface area contributed by atoms with Crippen molar-refractivity contribution in [2.75, 3.05) is 7.11 Å². The number of nitrogens with zero attached hydrogens (tertiary/aromatic N) is 4. The lowest BCUT2D eigenvalue weighted by molar-refractivity contribution is 0.410. The predicted octanol–water partition coefficient (Wildman–Crippen LogP) is 0.840. The maximum Gasteiger partial charge on any atom is 0.182 e. The average Bonchev–Trinajstić information content (AvgIpc) is 2.82. The smallest absolute Gasteiger partial charge is 0.182 e. The molecular weight excluding hydrogens is 230 g/mol. The van der Waals surface area contributed by atoms with Gasteiger partial charge in [-0.2, -0.15) is 0 Å². The number of fused-ring (bicyclic) bond motifs is 1. The van der Waals surface area contributed by atoms with Gasteiger partial charge in [0.15, 0.2) is 5.82 Å². The van der Waals surface area contributed by atoms with Crippen LogP contribution in [-0.4, -0.2) is 32.9 Å². The van der Waals surface area contributed by atoms with Gasteiger partial charge in [-0.05, 0) is 19.1 Å². The van der Waals surface area contributed by atoms with E-state index in [1.54, 1.807) is 13.3 Å². The van der Waals surface area contributed by atoms with Crippen LogP contribution < -0.4 is 10.1 Å². The molecule has 0 aliphatic carbocycles. The van der Waals surface area contributed by atoms with Crippen LogP contribution in [0.25, 0.3) is 11.5 Å². The number of pyridine rings is 1. The first kappa shape index (κ1) is 11.2. The summed E-state index contributed by atoms with van der Waals surface area (Å²) in [6, 6.07) is 4.21. The quantitative estimate of drug-likeness (QED) is 0.849. The first-order chi connectivity index (χ1) is 8.78. The third-order valence-corrected chi connectivity index (χ3v) is 3.09. The minimum absolute atomic E-state index is 0.422. The van der Waals surface area contributed by atoms with E-state index >= 15 is 0 Å². The molecule has 6 nitrogen and oxygen atoms in total. The van der Waals surface area contributed by atoms with Crippen LogP contribution in [0.5, 0.6) is 5.75 Å². The molecule has 0 aromatic carbocycles. The highest BCUT2D eigenvalue weighted by Crippen LogP contribution is 2.20. The number of hydrogen-bond acceptors (Lipinski definition) is 5. The zero-order valence-corrected chi connectivity index (χ0v) is 10.4. The molecule has 1 unspecified atom stereocenters. The van der Waals surface area contributed by atoms with Gasteiger partial charge in [0, 0.05) is 12.6 Å². The average molecular weight is 245 g/mol. The van der Waals surface area contributed by atoms with Crippen LogP contribution in [0.4, 0.5) is 0 Å². The van der Waals surface area contributed by atoms with Crippen LogP contribution in [0, 0.1) is 0 Å². The molecule has 0 fully saturated rings. The highest BCUT2D eigenvalue weighted by atomic mass is 16.5. The van der Waals surface area contributed by atoms with Gasteiger partial charge in [-0.3, -0.25) is 0 Å². The lowest BCUT2D eigenvalue weighted by Gasteiger charge is -2.22. The molecule has 0 saturated carbocycles. The van der Waals surface area contributed by atoms with Crippen molar-refractivity contribution in [2.24, 2.45) is 0 Å². The summed E-state index contributed by atoms with van der Waals surface area (Å²) in [6.45, 7) is 3.77. The Labute approximate surface area is 105 Å². The second-order valence-corrected chi connectivity index (χ2v) is 4.42. The van der Waals surface area contributed by atoms with Crippen LogP contribution in [0.2, 0.25) is 0 Å². The summed E-state index contributed by atoms with van der Waals surface area (Å²) < 4.78 is 7.22. The molecule has 1 N–H and O–H groups in total. The Hall–Kier alpha value is -1.95. The number of methoxy groups -OCH3 is 1. The normalized spacial score (nSPS) is 18.4. The Bertz CT molecular complexity index is 548. The Kier molecular flexibility index (Phi) is 2.71. The Morgan fingerprint density at radius 2 is 2.28 bits per heavy atom. The van der Waals surface area contributed by atoms with E-state index in [0.29, 0.717) is 6.04 Å². The van der Waals surface area contributed by atoms with Crippen molar-refractivity contribution in [3.63, 3.8) is 0 Å². The Morgan fingerprint density at radius 1 is 1.39 bits per heavy atom. The van der Waals surface area contributed by atoms with Gasteiger partial charge in [-0.25, -0.2) is 4.98 Å². The fourth-order valence-corrected chi connectivity index (χ4v) is 2.08. The van der Waals surface area contributed by atoms with Crippen LogP contribution >= 0.6 is 0 Å². The Morgan fingerprint density at radius 3 is 3.00 bits per heavy atom. The molecule has 0 radical (unpaired) electrons. The summed E-state index contributed by atoms with van der Waals surface area (Å²) in [5.41, 5.74) is 0.823. The number of ether oxygens (including phenoxy) is 1. The molecule has 0 saturated heterocycles. The van der Waals surface area contributed by atoms with E-state index in [1.165, 1.54) is 0 Å². The van der Waals surface area contributed by atoms with Crippen molar-refractivity contribution in [1.82, 2.24) is 25.1 Å². The predicted molar refractivity (Wildman–Crippen MR) is 66.1 cm³/mol. The van der Waals surface area contributed by atoms with E-state index in [9.17, 15) is 0 Å². The number of rotatable bonds is 2. The van der Waals surface area contributed by atoms with Crippen LogP contribution in [0.1, 0.15) is 12.7 Å². The van der Waals surface area contributed by atoms with Gasteiger partial charge in [-0.1, -0.05) is 0 Å². The van der Waals surface area contributed by atoms with Crippen molar-refractivity contribution >= 4 is 0 Å². The number of hydrogen-bond donors (Lipinski definition) is 1. The minimum Gasteiger partial charge on any atom is -0.495 e. The van der Waals surface area contributed by atoms with E-state index in [1.807, 2.05) is 12.1 Å². The molecule has 18 heavy (non-hydrogen) atoms. The van der Waals surface area contributed by atoms with Crippen molar-refractivity contribution in [3.05, 3.63) is 24.2 Å². The van der Waals surface area contributed by atoms with Gasteiger partial charge >= 0.3 is 0 Å². The molecule has 1 atom stereocenters. The first-order valence-electron chi connectivity index (χ1n) is 5.94. The largest absolute Gasteiger partial charge is 0.495 e. The SMILES string of the molecule is COc1ccc(-c2nnc3n2CC(C)NC3)nc1. The highest BCUT2D eigenvalue weighted by molar-refractivity contribution is 5.50. The second-order valence-electron chi connectivity index (χ2n) is 4.42. The molecular formula is C12H15N5O. The van der Waals surface area contributed by atoms with Gasteiger partial charge in [0.25, 0.3) is 0 Å². The van der Waals surface area contributed by atoms with Crippen LogP contribution in [0.15, 0.2) is 18.3 Å². The molecule has 1 aliphatic heterocycles. The summed E-state index contributed by atoms with van der Waals surface area (Å²) in [4.78, 5) is 4.36. The van der Waals surface area contributed by atoms with Crippen LogP contribution in [-0.2, 0) is 13.1 Å². The summed E-state index contributed by atoms with van der Waals surface area (Å²) in [5.74, 6) is 2.52. The maximum atomic E-state index is 5.10. The first-order valence-corrected chi connectivity index (χ1v) is 5.94. The van der Waals surface area contributed by atoms with Gasteiger partial charge in [0.1, 0.15) is 17.3 Å². The van der Waals surface area contributed by atoms with Crippen molar-refractivity contribution in [2.45, 2.75) is 26.1 Å². The van der Waals surface area contributed by atoms with Gasteiger partial charge in [0.2, 0.25) is 0 Å². The van der Waals surface area contributed by atoms with Gasteiger partial charge in [-0.15, -0.1) is 10.2 Å². The monoisotopic (exact) mass is 245 g/mol. The van der Waals surface area contributed by atoms with Crippen LogP contribution in [0.3, 0.4) is 0 Å². The summed E-state index contributed by atoms with van der Waals surface area (Å²) in [6.07, 6.45) is 1.70. The van der Waals surface area contributed by atoms with Gasteiger partial charge < -0.3 is 14.6 Å². The molecule has 0 spiro atoms. The van der Waals surface area contributed by atoms with E-state index in [2.05, 4.69) is 32.0 Å². The fraction of sp³-hybridized carbons (Fsp3) is 0.417. The molecule has 0 amide bonds. The second kappa shape index (κ2) is 4.38. The van der Waals surface area contributed by atoms with E-state index < -0.39 is 0 Å². The summed E-state index contributed by atoms with van der Waals surface area (Å²) >= 11 is 0.